The maximum Gasteiger partial charge on any atom is 0.430 e. The maximum atomic E-state index is 13.4. The van der Waals surface area contributed by atoms with Crippen LogP contribution in [-0.2, 0) is 26.3 Å². The zero-order chi connectivity index (χ0) is 25.3. The molecule has 5 nitrogen and oxygen atoms in total. The predicted molar refractivity (Wildman–Crippen MR) is 109 cm³/mol. The van der Waals surface area contributed by atoms with E-state index in [9.17, 15) is 41.0 Å². The topological polar surface area (TPSA) is 66.8 Å². The molecule has 0 fully saturated rings. The quantitative estimate of drug-likeness (QED) is 0.487. The Bertz CT molecular complexity index is 1040. The minimum Gasteiger partial charge on any atom is -0.447 e. The van der Waals surface area contributed by atoms with E-state index in [2.05, 4.69) is 0 Å². The highest BCUT2D eigenvalue weighted by Gasteiger charge is 2.71. The van der Waals surface area contributed by atoms with Crippen LogP contribution in [0.5, 0.6) is 0 Å². The minimum absolute atomic E-state index is 0.0323. The van der Waals surface area contributed by atoms with Crippen LogP contribution in [-0.4, -0.2) is 35.9 Å². The fourth-order valence-electron chi connectivity index (χ4n) is 3.89. The van der Waals surface area contributed by atoms with Crippen molar-refractivity contribution >= 4 is 17.6 Å². The smallest absolute Gasteiger partial charge is 0.430 e. The molecule has 0 radical (unpaired) electrons. The van der Waals surface area contributed by atoms with Gasteiger partial charge in [-0.1, -0.05) is 42.5 Å². The number of amides is 1. The van der Waals surface area contributed by atoms with E-state index in [4.69, 9.17) is 4.74 Å². The number of aliphatic hydroxyl groups is 1. The Morgan fingerprint density at radius 1 is 0.971 bits per heavy atom. The molecule has 0 aliphatic carbocycles. The average molecular weight is 489 g/mol. The zero-order valence-electron chi connectivity index (χ0n) is 17.9. The number of esters is 1. The molecule has 1 heterocycles. The molecule has 1 amide bonds. The first-order valence-corrected chi connectivity index (χ1v) is 10.3. The first-order chi connectivity index (χ1) is 15.8. The van der Waals surface area contributed by atoms with Gasteiger partial charge in [-0.2, -0.15) is 26.3 Å². The van der Waals surface area contributed by atoms with Crippen molar-refractivity contribution in [2.45, 2.75) is 50.2 Å². The summed E-state index contributed by atoms with van der Waals surface area (Å²) in [6.45, 7) is 1.22. The zero-order valence-corrected chi connectivity index (χ0v) is 17.9. The van der Waals surface area contributed by atoms with E-state index in [1.807, 2.05) is 0 Å². The highest BCUT2D eigenvalue weighted by atomic mass is 19.4. The van der Waals surface area contributed by atoms with Gasteiger partial charge in [-0.3, -0.25) is 9.59 Å². The molecule has 1 unspecified atom stereocenters. The summed E-state index contributed by atoms with van der Waals surface area (Å²) in [5, 5.41) is 9.75. The monoisotopic (exact) mass is 489 g/mol. The third-order valence-corrected chi connectivity index (χ3v) is 5.56. The van der Waals surface area contributed by atoms with Gasteiger partial charge in [0.15, 0.2) is 0 Å². The van der Waals surface area contributed by atoms with Gasteiger partial charge >= 0.3 is 18.3 Å². The Kier molecular flexibility index (Phi) is 6.97. The van der Waals surface area contributed by atoms with Gasteiger partial charge in [-0.15, -0.1) is 0 Å². The van der Waals surface area contributed by atoms with Crippen LogP contribution in [0.25, 0.3) is 0 Å². The van der Waals surface area contributed by atoms with Gasteiger partial charge in [0.25, 0.3) is 11.5 Å². The van der Waals surface area contributed by atoms with Crippen LogP contribution < -0.4 is 4.90 Å². The molecule has 2 aromatic rings. The van der Waals surface area contributed by atoms with Crippen molar-refractivity contribution in [2.24, 2.45) is 0 Å². The van der Waals surface area contributed by atoms with Crippen LogP contribution >= 0.6 is 0 Å². The summed E-state index contributed by atoms with van der Waals surface area (Å²) in [6, 6.07) is 10.1. The predicted octanol–water partition coefficient (Wildman–Crippen LogP) is 4.97. The molecule has 2 aromatic carbocycles. The molecule has 0 saturated heterocycles. The van der Waals surface area contributed by atoms with E-state index in [0.717, 1.165) is 13.0 Å². The Morgan fingerprint density at radius 2 is 1.59 bits per heavy atom. The van der Waals surface area contributed by atoms with Crippen molar-refractivity contribution in [3.63, 3.8) is 0 Å². The lowest BCUT2D eigenvalue weighted by Gasteiger charge is -2.34. The second-order valence-corrected chi connectivity index (χ2v) is 7.90. The number of fused-ring (bicyclic) bond motifs is 1. The van der Waals surface area contributed by atoms with Crippen molar-refractivity contribution < 1.29 is 45.8 Å². The first-order valence-electron chi connectivity index (χ1n) is 10.3. The summed E-state index contributed by atoms with van der Waals surface area (Å²) >= 11 is 0. The summed E-state index contributed by atoms with van der Waals surface area (Å²) in [6.07, 6.45) is -12.5. The molecule has 11 heteroatoms. The fourth-order valence-corrected chi connectivity index (χ4v) is 3.89. The Hall–Kier alpha value is -3.08. The van der Waals surface area contributed by atoms with Gasteiger partial charge in [-0.25, -0.2) is 0 Å². The first kappa shape index (κ1) is 25.5. The number of ether oxygens (including phenoxy) is 1. The largest absolute Gasteiger partial charge is 0.447 e. The van der Waals surface area contributed by atoms with Crippen LogP contribution in [0, 0.1) is 0 Å². The third kappa shape index (κ3) is 4.75. The number of carbonyl (C=O) groups excluding carboxylic acids is 2. The summed E-state index contributed by atoms with van der Waals surface area (Å²) in [7, 11) is 0. The molecule has 1 atom stereocenters. The number of aryl methyl sites for hydroxylation is 1. The Morgan fingerprint density at radius 3 is 2.15 bits per heavy atom. The van der Waals surface area contributed by atoms with Crippen LogP contribution in [0.1, 0.15) is 42.6 Å². The lowest BCUT2D eigenvalue weighted by Crippen LogP contribution is -2.54. The van der Waals surface area contributed by atoms with Gasteiger partial charge in [0.05, 0.1) is 0 Å². The van der Waals surface area contributed by atoms with Crippen molar-refractivity contribution in [3.8, 4) is 0 Å². The number of alkyl halides is 6. The second kappa shape index (κ2) is 9.28. The maximum absolute atomic E-state index is 13.4. The van der Waals surface area contributed by atoms with E-state index >= 15 is 0 Å². The Labute approximate surface area is 190 Å². The number of benzene rings is 2. The van der Waals surface area contributed by atoms with Gasteiger partial charge in [-0.05, 0) is 30.9 Å². The van der Waals surface area contributed by atoms with Crippen LogP contribution in [0.3, 0.4) is 0 Å². The standard InChI is InChI=1S/C23H21F6NO4/c1-14(31)34-19(15-7-3-2-4-8-15)20(32)30-12-6-5-9-16-13-17(10-11-18(16)30)21(33,22(24,25)26)23(27,28)29/h2-4,7-8,10-11,13,19,33H,5-6,9,12H2,1H3. The molecule has 1 N–H and O–H groups in total. The average Bonchev–Trinajstić information content (AvgIpc) is 2.97. The van der Waals surface area contributed by atoms with Crippen molar-refractivity contribution in [1.29, 1.82) is 0 Å². The fraction of sp³-hybridized carbons (Fsp3) is 0.391. The van der Waals surface area contributed by atoms with Crippen LogP contribution in [0.2, 0.25) is 0 Å². The molecule has 0 bridgehead atoms. The Balaban J connectivity index is 2.08. The molecular formula is C23H21F6NO4. The lowest BCUT2D eigenvalue weighted by atomic mass is 9.89. The number of halogens is 6. The molecule has 34 heavy (non-hydrogen) atoms. The van der Waals surface area contributed by atoms with Gasteiger partial charge in [0.1, 0.15) is 0 Å². The van der Waals surface area contributed by atoms with E-state index in [0.29, 0.717) is 30.5 Å². The molecule has 0 aromatic heterocycles. The number of rotatable bonds is 4. The SMILES string of the molecule is CC(=O)OC(C(=O)N1CCCCc2cc(C(O)(C(F)(F)F)C(F)(F)F)ccc21)c1ccccc1. The van der Waals surface area contributed by atoms with E-state index in [1.165, 1.54) is 4.90 Å². The van der Waals surface area contributed by atoms with Gasteiger partial charge < -0.3 is 14.7 Å². The minimum atomic E-state index is -6.02. The summed E-state index contributed by atoms with van der Waals surface area (Å²) in [4.78, 5) is 26.2. The van der Waals surface area contributed by atoms with Crippen molar-refractivity contribution in [1.82, 2.24) is 0 Å². The molecular weight excluding hydrogens is 468 g/mol. The van der Waals surface area contributed by atoms with E-state index < -0.39 is 41.5 Å². The number of hydrogen-bond donors (Lipinski definition) is 1. The van der Waals surface area contributed by atoms with Crippen molar-refractivity contribution in [2.75, 3.05) is 11.4 Å². The highest BCUT2D eigenvalue weighted by molar-refractivity contribution is 5.99. The van der Waals surface area contributed by atoms with Gasteiger partial charge in [0, 0.05) is 30.3 Å². The van der Waals surface area contributed by atoms with Gasteiger partial charge in [0.2, 0.25) is 6.10 Å². The highest BCUT2D eigenvalue weighted by Crippen LogP contribution is 2.50. The van der Waals surface area contributed by atoms with Crippen LogP contribution in [0.4, 0.5) is 32.0 Å². The second-order valence-electron chi connectivity index (χ2n) is 7.90. The molecule has 0 spiro atoms. The van der Waals surface area contributed by atoms with E-state index in [1.54, 1.807) is 30.3 Å². The molecule has 0 saturated carbocycles. The number of carbonyl (C=O) groups is 2. The number of hydrogen-bond acceptors (Lipinski definition) is 4. The normalized spacial score (nSPS) is 15.8. The van der Waals surface area contributed by atoms with Crippen LogP contribution in [0.15, 0.2) is 48.5 Å². The molecule has 1 aliphatic heterocycles. The molecule has 1 aliphatic rings. The lowest BCUT2D eigenvalue weighted by molar-refractivity contribution is -0.376. The molecule has 184 valence electrons. The molecule has 3 rings (SSSR count). The summed E-state index contributed by atoms with van der Waals surface area (Å²) in [5.74, 6) is -1.44. The van der Waals surface area contributed by atoms with Crippen molar-refractivity contribution in [3.05, 3.63) is 65.2 Å². The van der Waals surface area contributed by atoms with E-state index in [-0.39, 0.29) is 24.2 Å². The summed E-state index contributed by atoms with van der Waals surface area (Å²) in [5.41, 5.74) is -5.98. The number of anilines is 1. The number of nitrogens with zero attached hydrogens (tertiary/aromatic N) is 1. The summed E-state index contributed by atoms with van der Waals surface area (Å²) < 4.78 is 85.2. The third-order valence-electron chi connectivity index (χ3n) is 5.56.